The summed E-state index contributed by atoms with van der Waals surface area (Å²) in [6, 6.07) is 17.7. The number of fused-ring (bicyclic) bond motifs is 1. The molecule has 0 aliphatic carbocycles. The van der Waals surface area contributed by atoms with Crippen molar-refractivity contribution in [1.82, 2.24) is 10.3 Å². The first-order valence-electron chi connectivity index (χ1n) is 8.87. The number of hydrogen-bond donors (Lipinski definition) is 2. The maximum atomic E-state index is 12.7. The van der Waals surface area contributed by atoms with Gasteiger partial charge in [-0.2, -0.15) is 5.26 Å². The molecule has 3 aromatic rings. The SMILES string of the molecule is N#Cc1ccc(N2CCC(NC(=O)c3cccc4[nH]ccc34)CC2)cc1. The van der Waals surface area contributed by atoms with Crippen molar-refractivity contribution in [3.8, 4) is 6.07 Å². The predicted octanol–water partition coefficient (Wildman–Crippen LogP) is 3.44. The number of piperidine rings is 1. The summed E-state index contributed by atoms with van der Waals surface area (Å²) >= 11 is 0. The predicted molar refractivity (Wildman–Crippen MR) is 102 cm³/mol. The zero-order valence-corrected chi connectivity index (χ0v) is 14.4. The lowest BCUT2D eigenvalue weighted by atomic mass is 10.0. The van der Waals surface area contributed by atoms with Gasteiger partial charge in [0.1, 0.15) is 0 Å². The highest BCUT2D eigenvalue weighted by Gasteiger charge is 2.22. The number of aromatic amines is 1. The van der Waals surface area contributed by atoms with E-state index in [0.717, 1.165) is 48.1 Å². The number of nitrogens with zero attached hydrogens (tertiary/aromatic N) is 2. The Morgan fingerprint density at radius 2 is 1.88 bits per heavy atom. The van der Waals surface area contributed by atoms with Crippen molar-refractivity contribution in [2.75, 3.05) is 18.0 Å². The van der Waals surface area contributed by atoms with Crippen LogP contribution in [0.2, 0.25) is 0 Å². The molecule has 0 radical (unpaired) electrons. The molecule has 1 saturated heterocycles. The van der Waals surface area contributed by atoms with E-state index in [1.807, 2.05) is 54.7 Å². The van der Waals surface area contributed by atoms with Gasteiger partial charge in [-0.3, -0.25) is 4.79 Å². The van der Waals surface area contributed by atoms with Crippen LogP contribution in [0.15, 0.2) is 54.7 Å². The Hall–Kier alpha value is -3.26. The molecule has 26 heavy (non-hydrogen) atoms. The Kier molecular flexibility index (Phi) is 4.32. The van der Waals surface area contributed by atoms with Crippen LogP contribution in [0.4, 0.5) is 5.69 Å². The van der Waals surface area contributed by atoms with Crippen molar-refractivity contribution in [3.63, 3.8) is 0 Å². The van der Waals surface area contributed by atoms with Gasteiger partial charge in [-0.05, 0) is 55.3 Å². The topological polar surface area (TPSA) is 71.9 Å². The molecule has 0 bridgehead atoms. The molecule has 2 aromatic carbocycles. The first kappa shape index (κ1) is 16.2. The number of nitriles is 1. The lowest BCUT2D eigenvalue weighted by molar-refractivity contribution is 0.0933. The van der Waals surface area contributed by atoms with Crippen molar-refractivity contribution >= 4 is 22.5 Å². The summed E-state index contributed by atoms with van der Waals surface area (Å²) in [5.74, 6) is -0.00739. The molecular formula is C21H20N4O. The number of H-pyrrole nitrogens is 1. The van der Waals surface area contributed by atoms with Crippen molar-refractivity contribution in [2.45, 2.75) is 18.9 Å². The molecule has 4 rings (SSSR count). The highest BCUT2D eigenvalue weighted by molar-refractivity contribution is 6.06. The first-order valence-corrected chi connectivity index (χ1v) is 8.87. The van der Waals surface area contributed by atoms with Gasteiger partial charge in [-0.15, -0.1) is 0 Å². The number of nitrogens with one attached hydrogen (secondary N) is 2. The molecule has 2 heterocycles. The number of carbonyl (C=O) groups excluding carboxylic acids is 1. The second-order valence-electron chi connectivity index (χ2n) is 6.64. The smallest absolute Gasteiger partial charge is 0.252 e. The Balaban J connectivity index is 1.38. The van der Waals surface area contributed by atoms with E-state index in [1.54, 1.807) is 0 Å². The van der Waals surface area contributed by atoms with E-state index in [-0.39, 0.29) is 11.9 Å². The lowest BCUT2D eigenvalue weighted by Crippen LogP contribution is -2.44. The number of amides is 1. The monoisotopic (exact) mass is 344 g/mol. The van der Waals surface area contributed by atoms with E-state index in [4.69, 9.17) is 5.26 Å². The number of carbonyl (C=O) groups is 1. The minimum Gasteiger partial charge on any atom is -0.371 e. The van der Waals surface area contributed by atoms with Crippen LogP contribution in [0.3, 0.4) is 0 Å². The fourth-order valence-corrected chi connectivity index (χ4v) is 3.58. The van der Waals surface area contributed by atoms with Gasteiger partial charge in [0.05, 0.1) is 11.6 Å². The highest BCUT2D eigenvalue weighted by Crippen LogP contribution is 2.22. The fraction of sp³-hybridized carbons (Fsp3) is 0.238. The molecule has 1 aliphatic heterocycles. The first-order chi connectivity index (χ1) is 12.7. The van der Waals surface area contributed by atoms with Gasteiger partial charge in [0.25, 0.3) is 5.91 Å². The van der Waals surface area contributed by atoms with Crippen molar-refractivity contribution in [2.24, 2.45) is 0 Å². The molecule has 0 unspecified atom stereocenters. The van der Waals surface area contributed by atoms with Crippen LogP contribution in [-0.4, -0.2) is 30.0 Å². The Labute approximate surface area is 152 Å². The quantitative estimate of drug-likeness (QED) is 0.764. The van der Waals surface area contributed by atoms with Gasteiger partial charge in [-0.1, -0.05) is 6.07 Å². The van der Waals surface area contributed by atoms with E-state index in [0.29, 0.717) is 5.56 Å². The van der Waals surface area contributed by atoms with E-state index in [9.17, 15) is 4.79 Å². The van der Waals surface area contributed by atoms with Gasteiger partial charge < -0.3 is 15.2 Å². The van der Waals surface area contributed by atoms with Crippen LogP contribution >= 0.6 is 0 Å². The number of anilines is 1. The zero-order chi connectivity index (χ0) is 17.9. The Morgan fingerprint density at radius 1 is 1.12 bits per heavy atom. The van der Waals surface area contributed by atoms with Crippen molar-refractivity contribution in [3.05, 3.63) is 65.9 Å². The van der Waals surface area contributed by atoms with E-state index in [2.05, 4.69) is 21.3 Å². The largest absolute Gasteiger partial charge is 0.371 e. The molecular weight excluding hydrogens is 324 g/mol. The van der Waals surface area contributed by atoms with Crippen LogP contribution in [0, 0.1) is 11.3 Å². The maximum absolute atomic E-state index is 12.7. The molecule has 1 aliphatic rings. The summed E-state index contributed by atoms with van der Waals surface area (Å²) in [5.41, 5.74) is 3.51. The van der Waals surface area contributed by atoms with Gasteiger partial charge in [0.15, 0.2) is 0 Å². The summed E-state index contributed by atoms with van der Waals surface area (Å²) in [4.78, 5) is 18.1. The fourth-order valence-electron chi connectivity index (χ4n) is 3.58. The zero-order valence-electron chi connectivity index (χ0n) is 14.4. The summed E-state index contributed by atoms with van der Waals surface area (Å²) in [6.07, 6.45) is 3.68. The van der Waals surface area contributed by atoms with Gasteiger partial charge >= 0.3 is 0 Å². The second kappa shape index (κ2) is 6.93. The Morgan fingerprint density at radius 3 is 2.62 bits per heavy atom. The summed E-state index contributed by atoms with van der Waals surface area (Å²) in [6.45, 7) is 1.79. The molecule has 1 aromatic heterocycles. The Bertz CT molecular complexity index is 960. The van der Waals surface area contributed by atoms with Crippen molar-refractivity contribution in [1.29, 1.82) is 5.26 Å². The van der Waals surface area contributed by atoms with Crippen molar-refractivity contribution < 1.29 is 4.79 Å². The van der Waals surface area contributed by atoms with E-state index in [1.165, 1.54) is 0 Å². The maximum Gasteiger partial charge on any atom is 0.252 e. The normalized spacial score (nSPS) is 15.0. The average Bonchev–Trinajstić information content (AvgIpc) is 3.17. The number of benzene rings is 2. The van der Waals surface area contributed by atoms with Crippen LogP contribution < -0.4 is 10.2 Å². The molecule has 0 saturated carbocycles. The van der Waals surface area contributed by atoms with Crippen LogP contribution in [0.25, 0.3) is 10.9 Å². The highest BCUT2D eigenvalue weighted by atomic mass is 16.1. The number of hydrogen-bond acceptors (Lipinski definition) is 3. The third kappa shape index (κ3) is 3.14. The summed E-state index contributed by atoms with van der Waals surface area (Å²) in [5, 5.41) is 13.0. The molecule has 0 atom stereocenters. The van der Waals surface area contributed by atoms with Crippen LogP contribution in [0.5, 0.6) is 0 Å². The average molecular weight is 344 g/mol. The van der Waals surface area contributed by atoms with E-state index < -0.39 is 0 Å². The van der Waals surface area contributed by atoms with Crippen LogP contribution in [-0.2, 0) is 0 Å². The molecule has 5 nitrogen and oxygen atoms in total. The molecule has 2 N–H and O–H groups in total. The minimum atomic E-state index is -0.00739. The van der Waals surface area contributed by atoms with Gasteiger partial charge in [0.2, 0.25) is 0 Å². The number of rotatable bonds is 3. The third-order valence-corrected chi connectivity index (χ3v) is 5.03. The molecule has 130 valence electrons. The molecule has 1 fully saturated rings. The minimum absolute atomic E-state index is 0.00739. The molecule has 5 heteroatoms. The second-order valence-corrected chi connectivity index (χ2v) is 6.64. The van der Waals surface area contributed by atoms with Crippen LogP contribution in [0.1, 0.15) is 28.8 Å². The number of aromatic nitrogens is 1. The van der Waals surface area contributed by atoms with Gasteiger partial charge in [-0.25, -0.2) is 0 Å². The summed E-state index contributed by atoms with van der Waals surface area (Å²) in [7, 11) is 0. The summed E-state index contributed by atoms with van der Waals surface area (Å²) < 4.78 is 0. The lowest BCUT2D eigenvalue weighted by Gasteiger charge is -2.34. The van der Waals surface area contributed by atoms with Gasteiger partial charge in [0, 0.05) is 47.5 Å². The molecule has 0 spiro atoms. The molecule has 1 amide bonds. The standard InChI is InChI=1S/C21H20N4O/c22-14-15-4-6-17(7-5-15)25-12-9-16(10-13-25)24-21(26)19-2-1-3-20-18(19)8-11-23-20/h1-8,11,16,23H,9-10,12-13H2,(H,24,26). The third-order valence-electron chi connectivity index (χ3n) is 5.03. The van der Waals surface area contributed by atoms with E-state index >= 15 is 0 Å².